The van der Waals surface area contributed by atoms with Gasteiger partial charge < -0.3 is 41.8 Å². The second kappa shape index (κ2) is 16.1. The quantitative estimate of drug-likeness (QED) is 0.0831. The normalized spacial score (nSPS) is 17.2. The smallest absolute Gasteiger partial charge is 0.428 e. The highest BCUT2D eigenvalue weighted by Crippen LogP contribution is 2.21. The molecule has 15 nitrogen and oxygen atoms in total. The molecule has 1 fully saturated rings. The zero-order chi connectivity index (χ0) is 31.5. The second-order valence-electron chi connectivity index (χ2n) is 11.0. The number of likely N-dealkylation sites (tertiary alicyclic amines) is 1. The average Bonchev–Trinajstić information content (AvgIpc) is 3.34. The van der Waals surface area contributed by atoms with Crippen LogP contribution in [0.1, 0.15) is 60.3 Å². The van der Waals surface area contributed by atoms with Gasteiger partial charge in [-0.3, -0.25) is 24.0 Å². The number of carbonyl (C=O) groups excluding carboxylic acids is 7. The zero-order valence-electron chi connectivity index (χ0n) is 24.1. The summed E-state index contributed by atoms with van der Waals surface area (Å²) in [6.07, 6.45) is -0.883. The van der Waals surface area contributed by atoms with E-state index in [2.05, 4.69) is 33.3 Å². The van der Waals surface area contributed by atoms with Gasteiger partial charge in [0.15, 0.2) is 0 Å². The number of hydrogen-bond donors (Lipinski definition) is 6. The highest BCUT2D eigenvalue weighted by Gasteiger charge is 2.39. The Bertz CT molecular complexity index is 1000. The molecule has 0 saturated carbocycles. The molecule has 232 valence electrons. The Morgan fingerprint density at radius 1 is 1.00 bits per heavy atom. The second-order valence-corrected chi connectivity index (χ2v) is 11.4. The maximum Gasteiger partial charge on any atom is 0.516 e. The minimum absolute atomic E-state index is 0.0597. The van der Waals surface area contributed by atoms with E-state index in [1.165, 1.54) is 4.90 Å². The molecule has 1 aliphatic rings. The Hall–Kier alpha value is -3.40. The summed E-state index contributed by atoms with van der Waals surface area (Å²) < 4.78 is 9.48. The minimum atomic E-state index is -1.65. The highest BCUT2D eigenvalue weighted by molar-refractivity contribution is 7.80. The summed E-state index contributed by atoms with van der Waals surface area (Å²) in [5.74, 6) is -4.94. The Balaban J connectivity index is 2.97. The van der Waals surface area contributed by atoms with Crippen LogP contribution in [0.4, 0.5) is 4.79 Å². The first-order chi connectivity index (χ1) is 19.0. The van der Waals surface area contributed by atoms with Crippen LogP contribution >= 0.6 is 12.6 Å². The molecule has 0 aromatic heterocycles. The van der Waals surface area contributed by atoms with Gasteiger partial charge in [0.2, 0.25) is 29.5 Å². The van der Waals surface area contributed by atoms with Gasteiger partial charge in [0.05, 0.1) is 13.0 Å². The van der Waals surface area contributed by atoms with Gasteiger partial charge in [0.1, 0.15) is 29.8 Å². The zero-order valence-corrected chi connectivity index (χ0v) is 25.0. The molecule has 1 rings (SSSR count). The van der Waals surface area contributed by atoms with Crippen LogP contribution in [0.5, 0.6) is 0 Å². The van der Waals surface area contributed by atoms with Crippen molar-refractivity contribution in [2.45, 2.75) is 90.1 Å². The Labute approximate surface area is 244 Å². The van der Waals surface area contributed by atoms with E-state index < -0.39 is 77.8 Å². The van der Waals surface area contributed by atoms with Gasteiger partial charge in [-0.2, -0.15) is 12.6 Å². The van der Waals surface area contributed by atoms with Gasteiger partial charge in [-0.15, -0.1) is 0 Å². The number of hydrogen-bond acceptors (Lipinski definition) is 11. The number of esters is 1. The van der Waals surface area contributed by atoms with E-state index in [1.807, 2.05) is 13.8 Å². The molecule has 5 amide bonds. The Kier molecular flexibility index (Phi) is 14.0. The molecule has 1 saturated heterocycles. The van der Waals surface area contributed by atoms with Crippen LogP contribution in [0, 0.1) is 5.92 Å². The van der Waals surface area contributed by atoms with Crippen molar-refractivity contribution < 1.29 is 43.0 Å². The van der Waals surface area contributed by atoms with Gasteiger partial charge in [-0.1, -0.05) is 13.8 Å². The number of nitrogens with zero attached hydrogens (tertiary/aromatic N) is 1. The van der Waals surface area contributed by atoms with Crippen LogP contribution in [0.25, 0.3) is 0 Å². The van der Waals surface area contributed by atoms with Crippen LogP contribution in [-0.2, 0) is 38.2 Å². The molecule has 7 N–H and O–H groups in total. The SMILES string of the molecule is CC(C)C[C@H](NC(=O)CN)C(=O)N1CCC[C@H]1C(=O)N[C@@H](CS)C(=O)N[C@H](CC(N)=O)C(=O)OC(=O)OC(C)(C)C. The molecule has 41 heavy (non-hydrogen) atoms. The number of ether oxygens (including phenoxy) is 2. The van der Waals surface area contributed by atoms with Gasteiger partial charge in [-0.05, 0) is 46.0 Å². The van der Waals surface area contributed by atoms with Crippen LogP contribution < -0.4 is 27.4 Å². The molecule has 0 unspecified atom stereocenters. The number of primary amides is 1. The standard InChI is InChI=1S/C25H42N6O9S/c1-13(2)9-14(28-19(33)11-26)22(36)31-8-6-7-17(31)21(35)30-16(12-41)20(34)29-15(10-18(27)32)23(37)39-24(38)40-25(3,4)5/h13-17,41H,6-12,26H2,1-5H3,(H2,27,32)(H,28,33)(H,29,34)(H,30,35)/t14-,15+,16-,17-/m0/s1. The third kappa shape index (κ3) is 12.3. The van der Waals surface area contributed by atoms with Gasteiger partial charge >= 0.3 is 12.1 Å². The number of rotatable bonds is 13. The van der Waals surface area contributed by atoms with Crippen molar-refractivity contribution in [3.05, 3.63) is 0 Å². The Morgan fingerprint density at radius 2 is 1.63 bits per heavy atom. The highest BCUT2D eigenvalue weighted by atomic mass is 32.1. The summed E-state index contributed by atoms with van der Waals surface area (Å²) >= 11 is 4.10. The van der Waals surface area contributed by atoms with Crippen LogP contribution in [0.2, 0.25) is 0 Å². The summed E-state index contributed by atoms with van der Waals surface area (Å²) in [5, 5.41) is 7.35. The van der Waals surface area contributed by atoms with Crippen molar-refractivity contribution in [3.8, 4) is 0 Å². The predicted molar refractivity (Wildman–Crippen MR) is 149 cm³/mol. The fraction of sp³-hybridized carbons (Fsp3) is 0.720. The summed E-state index contributed by atoms with van der Waals surface area (Å²) in [6, 6.07) is -4.76. The number of carbonyl (C=O) groups is 7. The summed E-state index contributed by atoms with van der Waals surface area (Å²) in [7, 11) is 0. The van der Waals surface area contributed by atoms with Crippen molar-refractivity contribution in [1.29, 1.82) is 0 Å². The van der Waals surface area contributed by atoms with E-state index in [1.54, 1.807) is 20.8 Å². The lowest BCUT2D eigenvalue weighted by molar-refractivity contribution is -0.147. The van der Waals surface area contributed by atoms with E-state index >= 15 is 0 Å². The minimum Gasteiger partial charge on any atom is -0.428 e. The maximum atomic E-state index is 13.3. The molecule has 0 aromatic rings. The van der Waals surface area contributed by atoms with Crippen molar-refractivity contribution >= 4 is 54.3 Å². The number of nitrogens with two attached hydrogens (primary N) is 2. The fourth-order valence-corrected chi connectivity index (χ4v) is 4.26. The van der Waals surface area contributed by atoms with Crippen LogP contribution in [0.3, 0.4) is 0 Å². The van der Waals surface area contributed by atoms with E-state index in [0.717, 1.165) is 0 Å². The lowest BCUT2D eigenvalue weighted by atomic mass is 10.0. The maximum absolute atomic E-state index is 13.3. The van der Waals surface area contributed by atoms with Crippen LogP contribution in [0.15, 0.2) is 0 Å². The summed E-state index contributed by atoms with van der Waals surface area (Å²) in [4.78, 5) is 88.5. The molecule has 1 aliphatic heterocycles. The monoisotopic (exact) mass is 602 g/mol. The summed E-state index contributed by atoms with van der Waals surface area (Å²) in [6.45, 7) is 8.36. The molecule has 0 aromatic carbocycles. The number of amides is 5. The van der Waals surface area contributed by atoms with E-state index in [9.17, 15) is 33.6 Å². The van der Waals surface area contributed by atoms with E-state index in [-0.39, 0.29) is 24.8 Å². The number of thiol groups is 1. The van der Waals surface area contributed by atoms with E-state index in [0.29, 0.717) is 19.3 Å². The third-order valence-corrected chi connectivity index (χ3v) is 6.12. The first-order valence-corrected chi connectivity index (χ1v) is 13.9. The molecular formula is C25H42N6O9S. The van der Waals surface area contributed by atoms with Crippen LogP contribution in [-0.4, -0.2) is 95.2 Å². The number of nitrogens with one attached hydrogen (secondary N) is 3. The molecule has 4 atom stereocenters. The Morgan fingerprint density at radius 3 is 2.15 bits per heavy atom. The molecular weight excluding hydrogens is 560 g/mol. The molecule has 0 aliphatic carbocycles. The lowest BCUT2D eigenvalue weighted by Crippen LogP contribution is -2.58. The molecule has 16 heteroatoms. The van der Waals surface area contributed by atoms with Gasteiger partial charge in [-0.25, -0.2) is 9.59 Å². The fourth-order valence-electron chi connectivity index (χ4n) is 4.00. The average molecular weight is 603 g/mol. The van der Waals surface area contributed by atoms with Crippen molar-refractivity contribution in [2.24, 2.45) is 17.4 Å². The molecule has 1 heterocycles. The van der Waals surface area contributed by atoms with E-state index in [4.69, 9.17) is 16.2 Å². The van der Waals surface area contributed by atoms with Crippen molar-refractivity contribution in [3.63, 3.8) is 0 Å². The molecule has 0 spiro atoms. The lowest BCUT2D eigenvalue weighted by Gasteiger charge is -2.30. The van der Waals surface area contributed by atoms with Gasteiger partial charge in [0, 0.05) is 12.3 Å². The van der Waals surface area contributed by atoms with Crippen molar-refractivity contribution in [2.75, 3.05) is 18.8 Å². The largest absolute Gasteiger partial charge is 0.516 e. The molecule has 0 bridgehead atoms. The van der Waals surface area contributed by atoms with Crippen molar-refractivity contribution in [1.82, 2.24) is 20.9 Å². The topological polar surface area (TPSA) is 229 Å². The predicted octanol–water partition coefficient (Wildman–Crippen LogP) is -1.28. The first kappa shape index (κ1) is 35.6. The third-order valence-electron chi connectivity index (χ3n) is 5.76. The summed E-state index contributed by atoms with van der Waals surface area (Å²) in [5.41, 5.74) is 9.59. The molecule has 0 radical (unpaired) electrons. The first-order valence-electron chi connectivity index (χ1n) is 13.2. The van der Waals surface area contributed by atoms with Gasteiger partial charge in [0.25, 0.3) is 0 Å².